The van der Waals surface area contributed by atoms with E-state index >= 15 is 0 Å². The van der Waals surface area contributed by atoms with E-state index in [1.807, 2.05) is 0 Å². The lowest BCUT2D eigenvalue weighted by Gasteiger charge is -2.30. The topological polar surface area (TPSA) is 38.0 Å². The smallest absolute Gasteiger partial charge is 0.125 e. The van der Waals surface area contributed by atoms with Gasteiger partial charge in [-0.3, -0.25) is 0 Å². The molecule has 0 radical (unpaired) electrons. The monoisotopic (exact) mass is 222 g/mol. The van der Waals surface area contributed by atoms with Gasteiger partial charge in [-0.1, -0.05) is 19.8 Å². The van der Waals surface area contributed by atoms with E-state index in [1.54, 1.807) is 6.07 Å². The van der Waals surface area contributed by atoms with Crippen LogP contribution in [0, 0.1) is 11.7 Å². The van der Waals surface area contributed by atoms with Crippen molar-refractivity contribution in [2.24, 2.45) is 5.92 Å². The highest BCUT2D eigenvalue weighted by molar-refractivity contribution is 5.66. The number of nitrogen functional groups attached to an aromatic ring is 1. The molecule has 0 heterocycles. The van der Waals surface area contributed by atoms with Crippen molar-refractivity contribution in [3.8, 4) is 0 Å². The van der Waals surface area contributed by atoms with Crippen LogP contribution in [0.25, 0.3) is 0 Å². The molecule has 16 heavy (non-hydrogen) atoms. The lowest BCUT2D eigenvalue weighted by atomic mass is 9.86. The van der Waals surface area contributed by atoms with Crippen molar-refractivity contribution in [1.29, 1.82) is 0 Å². The highest BCUT2D eigenvalue weighted by Gasteiger charge is 2.21. The minimum Gasteiger partial charge on any atom is -0.397 e. The third kappa shape index (κ3) is 2.46. The SMILES string of the molecule is CC1CCCCC1Nc1cc(F)ccc1N. The first-order valence-corrected chi connectivity index (χ1v) is 5.98. The Kier molecular flexibility index (Phi) is 3.32. The van der Waals surface area contributed by atoms with Crippen LogP contribution in [0.15, 0.2) is 18.2 Å². The fourth-order valence-electron chi connectivity index (χ4n) is 2.38. The Labute approximate surface area is 96.0 Å². The zero-order valence-corrected chi connectivity index (χ0v) is 9.67. The summed E-state index contributed by atoms with van der Waals surface area (Å²) in [5.74, 6) is 0.400. The maximum absolute atomic E-state index is 13.1. The van der Waals surface area contributed by atoms with Gasteiger partial charge in [-0.25, -0.2) is 4.39 Å². The molecule has 88 valence electrons. The van der Waals surface area contributed by atoms with Gasteiger partial charge in [-0.15, -0.1) is 0 Å². The summed E-state index contributed by atoms with van der Waals surface area (Å²) in [4.78, 5) is 0. The summed E-state index contributed by atoms with van der Waals surface area (Å²) in [6.45, 7) is 2.24. The first-order valence-electron chi connectivity index (χ1n) is 5.98. The number of rotatable bonds is 2. The van der Waals surface area contributed by atoms with Crippen LogP contribution in [-0.4, -0.2) is 6.04 Å². The molecule has 0 spiro atoms. The van der Waals surface area contributed by atoms with Crippen molar-refractivity contribution < 1.29 is 4.39 Å². The summed E-state index contributed by atoms with van der Waals surface area (Å²) in [7, 11) is 0. The van der Waals surface area contributed by atoms with Crippen LogP contribution < -0.4 is 11.1 Å². The second kappa shape index (κ2) is 4.73. The highest BCUT2D eigenvalue weighted by atomic mass is 19.1. The summed E-state index contributed by atoms with van der Waals surface area (Å²) in [5.41, 5.74) is 7.18. The minimum absolute atomic E-state index is 0.236. The first-order chi connectivity index (χ1) is 7.66. The second-order valence-corrected chi connectivity index (χ2v) is 4.74. The normalized spacial score (nSPS) is 25.4. The molecular weight excluding hydrogens is 203 g/mol. The van der Waals surface area contributed by atoms with Gasteiger partial charge in [-0.05, 0) is 37.0 Å². The zero-order chi connectivity index (χ0) is 11.5. The number of anilines is 2. The van der Waals surface area contributed by atoms with Crippen molar-refractivity contribution in [2.75, 3.05) is 11.1 Å². The van der Waals surface area contributed by atoms with Crippen molar-refractivity contribution >= 4 is 11.4 Å². The molecular formula is C13H19FN2. The van der Waals surface area contributed by atoms with Crippen LogP contribution >= 0.6 is 0 Å². The van der Waals surface area contributed by atoms with Gasteiger partial charge in [0.05, 0.1) is 11.4 Å². The fraction of sp³-hybridized carbons (Fsp3) is 0.538. The van der Waals surface area contributed by atoms with Gasteiger partial charge in [0.1, 0.15) is 5.82 Å². The molecule has 3 heteroatoms. The quantitative estimate of drug-likeness (QED) is 0.753. The molecule has 3 N–H and O–H groups in total. The molecule has 1 aliphatic rings. The predicted molar refractivity (Wildman–Crippen MR) is 65.9 cm³/mol. The molecule has 0 saturated heterocycles. The second-order valence-electron chi connectivity index (χ2n) is 4.74. The third-order valence-corrected chi connectivity index (χ3v) is 3.47. The van der Waals surface area contributed by atoms with Crippen molar-refractivity contribution in [3.63, 3.8) is 0 Å². The Morgan fingerprint density at radius 2 is 2.06 bits per heavy atom. The molecule has 1 aromatic rings. The van der Waals surface area contributed by atoms with Crippen molar-refractivity contribution in [2.45, 2.75) is 38.6 Å². The summed E-state index contributed by atoms with van der Waals surface area (Å²) in [6.07, 6.45) is 4.94. The van der Waals surface area contributed by atoms with Gasteiger partial charge in [-0.2, -0.15) is 0 Å². The number of hydrogen-bond donors (Lipinski definition) is 2. The van der Waals surface area contributed by atoms with Crippen LogP contribution in [0.4, 0.5) is 15.8 Å². The van der Waals surface area contributed by atoms with E-state index in [-0.39, 0.29) is 5.82 Å². The van der Waals surface area contributed by atoms with E-state index in [4.69, 9.17) is 5.73 Å². The van der Waals surface area contributed by atoms with Crippen LogP contribution in [0.1, 0.15) is 32.6 Å². The molecule has 2 nitrogen and oxygen atoms in total. The molecule has 1 aliphatic carbocycles. The van der Waals surface area contributed by atoms with Gasteiger partial charge >= 0.3 is 0 Å². The molecule has 1 saturated carbocycles. The summed E-state index contributed by atoms with van der Waals surface area (Å²) in [6, 6.07) is 4.92. The lowest BCUT2D eigenvalue weighted by molar-refractivity contribution is 0.349. The molecule has 1 fully saturated rings. The predicted octanol–water partition coefficient (Wildman–Crippen LogP) is 3.40. The molecule has 0 aromatic heterocycles. The average Bonchev–Trinajstić information content (AvgIpc) is 2.27. The Bertz CT molecular complexity index is 365. The molecule has 1 aromatic carbocycles. The number of halogens is 1. The fourth-order valence-corrected chi connectivity index (χ4v) is 2.38. The molecule has 2 atom stereocenters. The number of nitrogens with one attached hydrogen (secondary N) is 1. The molecule has 2 rings (SSSR count). The Morgan fingerprint density at radius 1 is 1.31 bits per heavy atom. The van der Waals surface area contributed by atoms with E-state index in [1.165, 1.54) is 31.4 Å². The van der Waals surface area contributed by atoms with Gasteiger partial charge in [0, 0.05) is 6.04 Å². The molecule has 2 unspecified atom stereocenters. The standard InChI is InChI=1S/C13H19FN2/c1-9-4-2-3-5-12(9)16-13-8-10(14)6-7-11(13)15/h6-9,12,16H,2-5,15H2,1H3. The minimum atomic E-state index is -0.236. The maximum Gasteiger partial charge on any atom is 0.125 e. The number of nitrogens with two attached hydrogens (primary N) is 1. The third-order valence-electron chi connectivity index (χ3n) is 3.47. The van der Waals surface area contributed by atoms with E-state index in [0.29, 0.717) is 17.6 Å². The van der Waals surface area contributed by atoms with E-state index < -0.39 is 0 Å². The zero-order valence-electron chi connectivity index (χ0n) is 9.67. The van der Waals surface area contributed by atoms with Gasteiger partial charge in [0.2, 0.25) is 0 Å². The van der Waals surface area contributed by atoms with E-state index in [9.17, 15) is 4.39 Å². The molecule has 0 aliphatic heterocycles. The van der Waals surface area contributed by atoms with Crippen LogP contribution in [-0.2, 0) is 0 Å². The Morgan fingerprint density at radius 3 is 2.81 bits per heavy atom. The van der Waals surface area contributed by atoms with Crippen LogP contribution in [0.2, 0.25) is 0 Å². The van der Waals surface area contributed by atoms with E-state index in [0.717, 1.165) is 12.1 Å². The van der Waals surface area contributed by atoms with Gasteiger partial charge < -0.3 is 11.1 Å². The van der Waals surface area contributed by atoms with E-state index in [2.05, 4.69) is 12.2 Å². The largest absolute Gasteiger partial charge is 0.397 e. The lowest BCUT2D eigenvalue weighted by Crippen LogP contribution is -2.30. The van der Waals surface area contributed by atoms with Crippen molar-refractivity contribution in [3.05, 3.63) is 24.0 Å². The molecule has 0 bridgehead atoms. The van der Waals surface area contributed by atoms with Gasteiger partial charge in [0.25, 0.3) is 0 Å². The summed E-state index contributed by atoms with van der Waals surface area (Å²) < 4.78 is 13.1. The van der Waals surface area contributed by atoms with Crippen LogP contribution in [0.3, 0.4) is 0 Å². The molecule has 0 amide bonds. The Balaban J connectivity index is 2.10. The number of benzene rings is 1. The first kappa shape index (κ1) is 11.2. The average molecular weight is 222 g/mol. The summed E-state index contributed by atoms with van der Waals surface area (Å²) >= 11 is 0. The summed E-state index contributed by atoms with van der Waals surface area (Å²) in [5, 5.41) is 3.37. The van der Waals surface area contributed by atoms with Crippen molar-refractivity contribution in [1.82, 2.24) is 0 Å². The van der Waals surface area contributed by atoms with Crippen LogP contribution in [0.5, 0.6) is 0 Å². The van der Waals surface area contributed by atoms with Gasteiger partial charge in [0.15, 0.2) is 0 Å². The number of hydrogen-bond acceptors (Lipinski definition) is 2. The maximum atomic E-state index is 13.1. The highest BCUT2D eigenvalue weighted by Crippen LogP contribution is 2.29. The Hall–Kier alpha value is -1.25.